The van der Waals surface area contributed by atoms with E-state index in [0.717, 1.165) is 5.56 Å². The van der Waals surface area contributed by atoms with Gasteiger partial charge in [0.25, 0.3) is 5.91 Å². The van der Waals surface area contributed by atoms with Gasteiger partial charge in [0.05, 0.1) is 6.61 Å². The van der Waals surface area contributed by atoms with Crippen molar-refractivity contribution in [2.45, 2.75) is 33.0 Å². The number of benzene rings is 1. The summed E-state index contributed by atoms with van der Waals surface area (Å²) in [5.74, 6) is -0.166. The minimum atomic E-state index is -1.05. The number of hydroxylamine groups is 1. The van der Waals surface area contributed by atoms with Crippen molar-refractivity contribution in [3.8, 4) is 0 Å². The largest absolute Gasteiger partial charge is 0.383 e. The molecular formula is C14H20NO3. The molecule has 18 heavy (non-hydrogen) atoms. The molecule has 0 spiro atoms. The molecule has 1 aromatic carbocycles. The maximum Gasteiger partial charge on any atom is 0.272 e. The van der Waals surface area contributed by atoms with E-state index in [-0.39, 0.29) is 6.61 Å². The van der Waals surface area contributed by atoms with Crippen LogP contribution in [0.15, 0.2) is 30.3 Å². The lowest BCUT2D eigenvalue weighted by Crippen LogP contribution is -2.34. The Balaban J connectivity index is 2.20. The molecule has 0 saturated heterocycles. The lowest BCUT2D eigenvalue weighted by atomic mass is 10.1. The number of aliphatic hydroxyl groups excluding tert-OH is 1. The van der Waals surface area contributed by atoms with Gasteiger partial charge in [-0.3, -0.25) is 9.63 Å². The minimum absolute atomic E-state index is 0.285. The van der Waals surface area contributed by atoms with Crippen molar-refractivity contribution < 1.29 is 14.7 Å². The summed E-state index contributed by atoms with van der Waals surface area (Å²) < 4.78 is 0. The second-order valence-corrected chi connectivity index (χ2v) is 4.47. The number of hydrogen-bond acceptors (Lipinski definition) is 3. The maximum atomic E-state index is 11.4. The molecule has 1 atom stereocenters. The van der Waals surface area contributed by atoms with Gasteiger partial charge in [-0.05, 0) is 24.3 Å². The molecule has 1 rings (SSSR count). The fourth-order valence-corrected chi connectivity index (χ4v) is 1.34. The number of nitrogens with one attached hydrogen (secondary N) is 1. The van der Waals surface area contributed by atoms with Crippen molar-refractivity contribution in [1.29, 1.82) is 0 Å². The summed E-state index contributed by atoms with van der Waals surface area (Å²) in [6, 6.07) is 9.50. The molecule has 1 amide bonds. The Morgan fingerprint density at radius 3 is 2.67 bits per heavy atom. The van der Waals surface area contributed by atoms with Crippen molar-refractivity contribution >= 4 is 5.91 Å². The minimum Gasteiger partial charge on any atom is -0.383 e. The zero-order valence-corrected chi connectivity index (χ0v) is 10.8. The molecule has 99 valence electrons. The van der Waals surface area contributed by atoms with Crippen LogP contribution in [0.1, 0.15) is 25.8 Å². The van der Waals surface area contributed by atoms with E-state index in [2.05, 4.69) is 5.48 Å². The second kappa shape index (κ2) is 7.84. The number of carbonyl (C=O) groups is 1. The number of hydrogen-bond donors (Lipinski definition) is 2. The van der Waals surface area contributed by atoms with Crippen LogP contribution in [0.5, 0.6) is 0 Å². The van der Waals surface area contributed by atoms with Gasteiger partial charge in [0.2, 0.25) is 0 Å². The van der Waals surface area contributed by atoms with E-state index in [1.165, 1.54) is 0 Å². The Labute approximate surface area is 108 Å². The van der Waals surface area contributed by atoms with Crippen LogP contribution in [0.3, 0.4) is 0 Å². The van der Waals surface area contributed by atoms with Gasteiger partial charge in [-0.2, -0.15) is 0 Å². The van der Waals surface area contributed by atoms with Gasteiger partial charge in [-0.25, -0.2) is 5.48 Å². The molecule has 1 radical (unpaired) electrons. The van der Waals surface area contributed by atoms with E-state index >= 15 is 0 Å². The third-order valence-electron chi connectivity index (χ3n) is 2.39. The van der Waals surface area contributed by atoms with Crippen LogP contribution in [0.4, 0.5) is 0 Å². The molecule has 0 aliphatic heterocycles. The fourth-order valence-electron chi connectivity index (χ4n) is 1.34. The Hall–Kier alpha value is -1.39. The highest BCUT2D eigenvalue weighted by Crippen LogP contribution is 2.05. The summed E-state index contributed by atoms with van der Waals surface area (Å²) in [5.41, 5.74) is 3.20. The van der Waals surface area contributed by atoms with Crippen LogP contribution in [0.2, 0.25) is 0 Å². The lowest BCUT2D eigenvalue weighted by Gasteiger charge is -2.12. The highest BCUT2D eigenvalue weighted by atomic mass is 16.7. The van der Waals surface area contributed by atoms with E-state index in [1.807, 2.05) is 50.6 Å². The van der Waals surface area contributed by atoms with Crippen molar-refractivity contribution in [3.05, 3.63) is 42.3 Å². The number of carbonyl (C=O) groups excluding carboxylic acids is 1. The number of amides is 1. The zero-order chi connectivity index (χ0) is 13.4. The van der Waals surface area contributed by atoms with Gasteiger partial charge >= 0.3 is 0 Å². The monoisotopic (exact) mass is 250 g/mol. The van der Waals surface area contributed by atoms with E-state index in [0.29, 0.717) is 12.3 Å². The second-order valence-electron chi connectivity index (χ2n) is 4.47. The average molecular weight is 250 g/mol. The average Bonchev–Trinajstić information content (AvgIpc) is 2.37. The molecule has 0 aliphatic carbocycles. The Bertz CT molecular complexity index is 351. The molecule has 0 aliphatic rings. The molecule has 4 nitrogen and oxygen atoms in total. The molecule has 0 aromatic heterocycles. The van der Waals surface area contributed by atoms with Gasteiger partial charge < -0.3 is 5.11 Å². The Morgan fingerprint density at radius 1 is 1.39 bits per heavy atom. The summed E-state index contributed by atoms with van der Waals surface area (Å²) in [4.78, 5) is 16.5. The third-order valence-corrected chi connectivity index (χ3v) is 2.39. The maximum absolute atomic E-state index is 11.4. The van der Waals surface area contributed by atoms with Crippen molar-refractivity contribution in [2.24, 2.45) is 5.92 Å². The zero-order valence-electron chi connectivity index (χ0n) is 10.8. The molecule has 0 fully saturated rings. The predicted octanol–water partition coefficient (Wildman–Crippen LogP) is 1.85. The molecule has 2 N–H and O–H groups in total. The summed E-state index contributed by atoms with van der Waals surface area (Å²) >= 11 is 0. The highest BCUT2D eigenvalue weighted by molar-refractivity contribution is 5.79. The molecule has 1 aromatic rings. The van der Waals surface area contributed by atoms with Crippen LogP contribution >= 0.6 is 0 Å². The molecule has 0 saturated carbocycles. The first-order valence-corrected chi connectivity index (χ1v) is 6.06. The lowest BCUT2D eigenvalue weighted by molar-refractivity contribution is -0.143. The topological polar surface area (TPSA) is 58.6 Å². The molecular weight excluding hydrogens is 230 g/mol. The van der Waals surface area contributed by atoms with Crippen LogP contribution in [0.25, 0.3) is 0 Å². The summed E-state index contributed by atoms with van der Waals surface area (Å²) in [6.45, 7) is 4.28. The van der Waals surface area contributed by atoms with Crippen molar-refractivity contribution in [3.63, 3.8) is 0 Å². The summed E-state index contributed by atoms with van der Waals surface area (Å²) in [5, 5.41) is 9.54. The molecule has 0 bridgehead atoms. The fraction of sp³-hybridized carbons (Fsp3) is 0.429. The summed E-state index contributed by atoms with van der Waals surface area (Å²) in [6.07, 6.45) is 1.17. The standard InChI is InChI=1S/C14H20NO3/c1-11(2)8-9-13(16)14(17)15-18-10-12-6-4-3-5-7-12/h3-8,11,13,16H,9-10H2,1-2H3,(H,15,17). The number of rotatable bonds is 7. The van der Waals surface area contributed by atoms with E-state index < -0.39 is 12.0 Å². The van der Waals surface area contributed by atoms with Gasteiger partial charge in [0, 0.05) is 0 Å². The first-order valence-electron chi connectivity index (χ1n) is 6.06. The van der Waals surface area contributed by atoms with Crippen LogP contribution < -0.4 is 5.48 Å². The first kappa shape index (κ1) is 14.7. The third kappa shape index (κ3) is 5.80. The van der Waals surface area contributed by atoms with Crippen LogP contribution in [-0.2, 0) is 16.2 Å². The van der Waals surface area contributed by atoms with Gasteiger partial charge in [-0.1, -0.05) is 44.2 Å². The quantitative estimate of drug-likeness (QED) is 0.726. The van der Waals surface area contributed by atoms with Gasteiger partial charge in [-0.15, -0.1) is 0 Å². The summed E-state index contributed by atoms with van der Waals surface area (Å²) in [7, 11) is 0. The SMILES string of the molecule is CC(C)[CH]CC(O)C(=O)NOCc1ccccc1. The molecule has 4 heteroatoms. The molecule has 1 unspecified atom stereocenters. The van der Waals surface area contributed by atoms with Crippen molar-refractivity contribution in [1.82, 2.24) is 5.48 Å². The van der Waals surface area contributed by atoms with Crippen molar-refractivity contribution in [2.75, 3.05) is 0 Å². The normalized spacial score (nSPS) is 12.4. The van der Waals surface area contributed by atoms with E-state index in [4.69, 9.17) is 4.84 Å². The van der Waals surface area contributed by atoms with E-state index in [1.54, 1.807) is 0 Å². The predicted molar refractivity (Wildman–Crippen MR) is 69.1 cm³/mol. The first-order chi connectivity index (χ1) is 8.59. The van der Waals surface area contributed by atoms with Crippen LogP contribution in [0, 0.1) is 12.3 Å². The van der Waals surface area contributed by atoms with Gasteiger partial charge in [0.1, 0.15) is 6.10 Å². The highest BCUT2D eigenvalue weighted by Gasteiger charge is 2.15. The molecule has 0 heterocycles. The Morgan fingerprint density at radius 2 is 2.06 bits per heavy atom. The van der Waals surface area contributed by atoms with Crippen LogP contribution in [-0.4, -0.2) is 17.1 Å². The number of aliphatic hydroxyl groups is 1. The smallest absolute Gasteiger partial charge is 0.272 e. The van der Waals surface area contributed by atoms with Gasteiger partial charge in [0.15, 0.2) is 0 Å². The van der Waals surface area contributed by atoms with E-state index in [9.17, 15) is 9.90 Å². The Kier molecular flexibility index (Phi) is 6.39.